The SMILES string of the molecule is CCOP(=O)(OCC)C(F)(F)c1cc(C=O)cc(OC)c1OCc1ccccc1. The molecule has 0 radical (unpaired) electrons. The second-order valence-corrected chi connectivity index (χ2v) is 7.94. The summed E-state index contributed by atoms with van der Waals surface area (Å²) < 4.78 is 64.2. The molecule has 0 aromatic heterocycles. The quantitative estimate of drug-likeness (QED) is 0.352. The first-order chi connectivity index (χ1) is 13.8. The number of carbonyl (C=O) groups excluding carboxylic acids is 1. The fourth-order valence-electron chi connectivity index (χ4n) is 2.63. The first-order valence-corrected chi connectivity index (χ1v) is 10.5. The standard InChI is InChI=1S/C20H23F2O6P/c1-4-27-29(24,28-5-2)20(21,22)17-11-16(13-23)12-18(25-3)19(17)26-14-15-9-7-6-8-10-15/h6-13H,4-5,14H2,1-3H3. The van der Waals surface area contributed by atoms with Gasteiger partial charge in [0.15, 0.2) is 11.5 Å². The molecule has 0 aliphatic rings. The van der Waals surface area contributed by atoms with Crippen molar-refractivity contribution in [3.63, 3.8) is 0 Å². The number of hydrogen-bond donors (Lipinski definition) is 0. The van der Waals surface area contributed by atoms with Crippen molar-refractivity contribution in [3.8, 4) is 11.5 Å². The maximum Gasteiger partial charge on any atom is 0.404 e. The van der Waals surface area contributed by atoms with Crippen molar-refractivity contribution < 1.29 is 36.7 Å². The summed E-state index contributed by atoms with van der Waals surface area (Å²) in [5, 5.41) is 0. The van der Waals surface area contributed by atoms with Gasteiger partial charge in [0.1, 0.15) is 12.9 Å². The largest absolute Gasteiger partial charge is 0.493 e. The van der Waals surface area contributed by atoms with E-state index in [4.69, 9.17) is 18.5 Å². The molecule has 0 fully saturated rings. The molecular formula is C20H23F2O6P. The van der Waals surface area contributed by atoms with Crippen molar-refractivity contribution in [2.75, 3.05) is 20.3 Å². The van der Waals surface area contributed by atoms with Crippen molar-refractivity contribution in [2.24, 2.45) is 0 Å². The van der Waals surface area contributed by atoms with Gasteiger partial charge in [0.25, 0.3) is 0 Å². The fraction of sp³-hybridized carbons (Fsp3) is 0.350. The van der Waals surface area contributed by atoms with E-state index in [1.807, 2.05) is 6.07 Å². The third-order valence-corrected chi connectivity index (χ3v) is 6.05. The number of rotatable bonds is 11. The zero-order valence-electron chi connectivity index (χ0n) is 16.4. The molecule has 0 bridgehead atoms. The monoisotopic (exact) mass is 428 g/mol. The van der Waals surface area contributed by atoms with Gasteiger partial charge in [-0.1, -0.05) is 30.3 Å². The molecule has 0 amide bonds. The lowest BCUT2D eigenvalue weighted by Crippen LogP contribution is -2.20. The van der Waals surface area contributed by atoms with Crippen LogP contribution in [-0.2, 0) is 25.9 Å². The number of benzene rings is 2. The highest BCUT2D eigenvalue weighted by atomic mass is 31.2. The molecule has 2 rings (SSSR count). The first-order valence-electron chi connectivity index (χ1n) is 8.94. The topological polar surface area (TPSA) is 71.1 Å². The Morgan fingerprint density at radius 2 is 1.69 bits per heavy atom. The summed E-state index contributed by atoms with van der Waals surface area (Å²) >= 11 is 0. The maximum atomic E-state index is 15.4. The van der Waals surface area contributed by atoms with Crippen LogP contribution >= 0.6 is 7.60 Å². The summed E-state index contributed by atoms with van der Waals surface area (Å²) in [6.45, 7) is 2.30. The van der Waals surface area contributed by atoms with Crippen molar-refractivity contribution in [3.05, 3.63) is 59.2 Å². The number of ether oxygens (including phenoxy) is 2. The van der Waals surface area contributed by atoms with Crippen LogP contribution in [0.1, 0.15) is 35.3 Å². The van der Waals surface area contributed by atoms with E-state index in [9.17, 15) is 9.36 Å². The summed E-state index contributed by atoms with van der Waals surface area (Å²) in [6.07, 6.45) is 0.384. The van der Waals surface area contributed by atoms with E-state index >= 15 is 8.78 Å². The average molecular weight is 428 g/mol. The molecule has 0 unspecified atom stereocenters. The number of methoxy groups -OCH3 is 1. The van der Waals surface area contributed by atoms with E-state index in [1.165, 1.54) is 27.0 Å². The van der Waals surface area contributed by atoms with Gasteiger partial charge in [-0.25, -0.2) is 0 Å². The van der Waals surface area contributed by atoms with Gasteiger partial charge in [0, 0.05) is 5.56 Å². The Bertz CT molecular complexity index is 863. The molecule has 2 aromatic rings. The number of alkyl halides is 2. The number of hydrogen-bond acceptors (Lipinski definition) is 6. The highest BCUT2D eigenvalue weighted by Crippen LogP contribution is 2.68. The summed E-state index contributed by atoms with van der Waals surface area (Å²) in [7, 11) is -3.66. The molecule has 29 heavy (non-hydrogen) atoms. The second kappa shape index (κ2) is 9.96. The molecule has 0 spiro atoms. The van der Waals surface area contributed by atoms with E-state index in [0.717, 1.165) is 11.6 Å². The van der Waals surface area contributed by atoms with Crippen LogP contribution in [0.4, 0.5) is 8.78 Å². The molecule has 0 saturated carbocycles. The predicted molar refractivity (Wildman–Crippen MR) is 104 cm³/mol. The Morgan fingerprint density at radius 1 is 1.07 bits per heavy atom. The highest BCUT2D eigenvalue weighted by Gasteiger charge is 2.57. The molecule has 0 heterocycles. The van der Waals surface area contributed by atoms with Crippen LogP contribution in [0.15, 0.2) is 42.5 Å². The van der Waals surface area contributed by atoms with Crippen LogP contribution in [0.25, 0.3) is 0 Å². The molecule has 2 aromatic carbocycles. The zero-order valence-corrected chi connectivity index (χ0v) is 17.3. The Kier molecular flexibility index (Phi) is 7.90. The Hall–Kier alpha value is -2.28. The van der Waals surface area contributed by atoms with Gasteiger partial charge in [-0.05, 0) is 31.5 Å². The minimum absolute atomic E-state index is 0.0473. The van der Waals surface area contributed by atoms with Crippen molar-refractivity contribution in [1.29, 1.82) is 0 Å². The van der Waals surface area contributed by atoms with E-state index in [2.05, 4.69) is 0 Å². The van der Waals surface area contributed by atoms with E-state index in [-0.39, 0.29) is 36.9 Å². The highest BCUT2D eigenvalue weighted by molar-refractivity contribution is 7.54. The van der Waals surface area contributed by atoms with Crippen LogP contribution in [0.5, 0.6) is 11.5 Å². The maximum absolute atomic E-state index is 15.4. The van der Waals surface area contributed by atoms with E-state index < -0.39 is 18.8 Å². The lowest BCUT2D eigenvalue weighted by molar-refractivity contribution is 0.0328. The van der Waals surface area contributed by atoms with Gasteiger partial charge in [-0.15, -0.1) is 0 Å². The third-order valence-electron chi connectivity index (χ3n) is 3.93. The van der Waals surface area contributed by atoms with Crippen LogP contribution in [0.2, 0.25) is 0 Å². The van der Waals surface area contributed by atoms with Gasteiger partial charge in [-0.2, -0.15) is 8.78 Å². The molecule has 6 nitrogen and oxygen atoms in total. The van der Waals surface area contributed by atoms with Crippen molar-refractivity contribution >= 4 is 13.9 Å². The normalized spacial score (nSPS) is 11.9. The molecular weight excluding hydrogens is 405 g/mol. The van der Waals surface area contributed by atoms with Crippen LogP contribution < -0.4 is 9.47 Å². The lowest BCUT2D eigenvalue weighted by atomic mass is 10.1. The van der Waals surface area contributed by atoms with Crippen molar-refractivity contribution in [2.45, 2.75) is 26.1 Å². The second-order valence-electron chi connectivity index (χ2n) is 5.87. The summed E-state index contributed by atoms with van der Waals surface area (Å²) in [4.78, 5) is 11.3. The molecule has 0 aliphatic heterocycles. The molecule has 0 saturated heterocycles. The van der Waals surface area contributed by atoms with Crippen LogP contribution in [0, 0.1) is 0 Å². The van der Waals surface area contributed by atoms with E-state index in [1.54, 1.807) is 24.3 Å². The Morgan fingerprint density at radius 3 is 2.21 bits per heavy atom. The predicted octanol–water partition coefficient (Wildman–Crippen LogP) is 5.40. The summed E-state index contributed by atoms with van der Waals surface area (Å²) in [5.41, 5.74) is -4.26. The van der Waals surface area contributed by atoms with Gasteiger partial charge in [-0.3, -0.25) is 9.36 Å². The van der Waals surface area contributed by atoms with Gasteiger partial charge in [0.2, 0.25) is 0 Å². The van der Waals surface area contributed by atoms with Gasteiger partial charge < -0.3 is 18.5 Å². The first kappa shape index (κ1) is 23.0. The molecule has 0 aliphatic carbocycles. The van der Waals surface area contributed by atoms with Gasteiger partial charge in [0.05, 0.1) is 25.9 Å². The third kappa shape index (κ3) is 5.01. The minimum Gasteiger partial charge on any atom is -0.493 e. The minimum atomic E-state index is -4.91. The summed E-state index contributed by atoms with van der Waals surface area (Å²) in [6, 6.07) is 11.0. The number of aldehydes is 1. The Balaban J connectivity index is 2.60. The molecule has 0 atom stereocenters. The zero-order chi connectivity index (χ0) is 21.5. The Labute approximate surface area is 168 Å². The number of halogens is 2. The summed E-state index contributed by atoms with van der Waals surface area (Å²) in [5.74, 6) is -0.439. The molecule has 9 heteroatoms. The van der Waals surface area contributed by atoms with Crippen LogP contribution in [-0.4, -0.2) is 26.6 Å². The van der Waals surface area contributed by atoms with Crippen molar-refractivity contribution in [1.82, 2.24) is 0 Å². The lowest BCUT2D eigenvalue weighted by Gasteiger charge is -2.28. The number of carbonyl (C=O) groups is 1. The fourth-order valence-corrected chi connectivity index (χ4v) is 4.17. The average Bonchev–Trinajstić information content (AvgIpc) is 2.72. The smallest absolute Gasteiger partial charge is 0.404 e. The van der Waals surface area contributed by atoms with Gasteiger partial charge >= 0.3 is 13.3 Å². The molecule has 158 valence electrons. The molecule has 0 N–H and O–H groups in total. The van der Waals surface area contributed by atoms with Crippen LogP contribution in [0.3, 0.4) is 0 Å². The van der Waals surface area contributed by atoms with E-state index in [0.29, 0.717) is 6.29 Å².